The number of esters is 1. The maximum absolute atomic E-state index is 13.2. The highest BCUT2D eigenvalue weighted by atomic mass is 16.5. The second kappa shape index (κ2) is 8.95. The Bertz CT molecular complexity index is 1090. The van der Waals surface area contributed by atoms with Crippen molar-refractivity contribution in [2.45, 2.75) is 31.3 Å². The number of hydrogen-bond donors (Lipinski definition) is 1. The van der Waals surface area contributed by atoms with Gasteiger partial charge in [0.1, 0.15) is 11.7 Å². The fourth-order valence-corrected chi connectivity index (χ4v) is 3.43. The van der Waals surface area contributed by atoms with Crippen molar-refractivity contribution in [3.63, 3.8) is 0 Å². The molecule has 3 aromatic rings. The Morgan fingerprint density at radius 3 is 2.32 bits per heavy atom. The van der Waals surface area contributed by atoms with Gasteiger partial charge in [0.25, 0.3) is 11.7 Å². The number of ether oxygens (including phenoxy) is 1. The summed E-state index contributed by atoms with van der Waals surface area (Å²) in [7, 11) is 1.15. The van der Waals surface area contributed by atoms with Crippen molar-refractivity contribution >= 4 is 17.7 Å². The summed E-state index contributed by atoms with van der Waals surface area (Å²) in [5.74, 6) is -2.24. The number of amides is 1. The Morgan fingerprint density at radius 1 is 1.06 bits per heavy atom. The molecule has 2 aromatic carbocycles. The van der Waals surface area contributed by atoms with Gasteiger partial charge in [0.2, 0.25) is 0 Å². The van der Waals surface area contributed by atoms with Crippen LogP contribution in [0.4, 0.5) is 0 Å². The summed E-state index contributed by atoms with van der Waals surface area (Å²) < 4.78 is 6.41. The van der Waals surface area contributed by atoms with Crippen molar-refractivity contribution in [3.05, 3.63) is 78.0 Å². The molecule has 7 heteroatoms. The number of benzene rings is 2. The van der Waals surface area contributed by atoms with Crippen LogP contribution in [0.1, 0.15) is 34.8 Å². The first kappa shape index (κ1) is 20.5. The van der Waals surface area contributed by atoms with E-state index in [2.05, 4.69) is 15.2 Å². The zero-order valence-electron chi connectivity index (χ0n) is 17.2. The lowest BCUT2D eigenvalue weighted by Crippen LogP contribution is -2.45. The van der Waals surface area contributed by atoms with Gasteiger partial charge in [0, 0.05) is 18.2 Å². The van der Waals surface area contributed by atoms with Gasteiger partial charge in [-0.05, 0) is 18.4 Å². The number of nitrogens with zero attached hydrogens (tertiary/aromatic N) is 2. The number of nitrogens with one attached hydrogen (secondary N) is 1. The first-order chi connectivity index (χ1) is 15.1. The molecular weight excluding hydrogens is 394 g/mol. The summed E-state index contributed by atoms with van der Waals surface area (Å²) in [5.41, 5.74) is 2.55. The minimum atomic E-state index is -1.05. The van der Waals surface area contributed by atoms with E-state index in [1.807, 2.05) is 65.3 Å². The molecule has 0 aliphatic heterocycles. The van der Waals surface area contributed by atoms with Crippen LogP contribution in [0.5, 0.6) is 0 Å². The van der Waals surface area contributed by atoms with Gasteiger partial charge in [-0.2, -0.15) is 5.10 Å². The molecule has 1 aliphatic carbocycles. The third-order valence-electron chi connectivity index (χ3n) is 5.24. The molecule has 0 saturated heterocycles. The Morgan fingerprint density at radius 2 is 1.71 bits per heavy atom. The first-order valence-corrected chi connectivity index (χ1v) is 10.2. The van der Waals surface area contributed by atoms with Crippen LogP contribution in [0.3, 0.4) is 0 Å². The maximum atomic E-state index is 13.2. The average Bonchev–Trinajstić information content (AvgIpc) is 3.56. The SMILES string of the molecule is COC(=O)C(=O)C(Cc1ccccc1)NC(=O)c1cn(C2CC2)nc1-c1ccccc1. The number of carbonyl (C=O) groups is 3. The summed E-state index contributed by atoms with van der Waals surface area (Å²) in [5, 5.41) is 7.37. The van der Waals surface area contributed by atoms with Crippen molar-refractivity contribution in [1.29, 1.82) is 0 Å². The lowest BCUT2D eigenvalue weighted by molar-refractivity contribution is -0.152. The predicted octanol–water partition coefficient (Wildman–Crippen LogP) is 2.97. The van der Waals surface area contributed by atoms with E-state index in [0.717, 1.165) is 31.1 Å². The van der Waals surface area contributed by atoms with Crippen LogP contribution in [0.25, 0.3) is 11.3 Å². The second-order valence-corrected chi connectivity index (χ2v) is 7.54. The van der Waals surface area contributed by atoms with Crippen LogP contribution >= 0.6 is 0 Å². The van der Waals surface area contributed by atoms with Gasteiger partial charge < -0.3 is 10.1 Å². The molecule has 31 heavy (non-hydrogen) atoms. The first-order valence-electron chi connectivity index (χ1n) is 10.2. The largest absolute Gasteiger partial charge is 0.463 e. The van der Waals surface area contributed by atoms with Crippen molar-refractivity contribution < 1.29 is 19.1 Å². The summed E-state index contributed by atoms with van der Waals surface area (Å²) in [6.45, 7) is 0. The van der Waals surface area contributed by atoms with Crippen LogP contribution in [0.2, 0.25) is 0 Å². The van der Waals surface area contributed by atoms with E-state index in [0.29, 0.717) is 17.3 Å². The molecule has 7 nitrogen and oxygen atoms in total. The predicted molar refractivity (Wildman–Crippen MR) is 114 cm³/mol. The van der Waals surface area contributed by atoms with Crippen molar-refractivity contribution in [2.75, 3.05) is 7.11 Å². The standard InChI is InChI=1S/C24H23N3O4/c1-31-24(30)22(28)20(14-16-8-4-2-5-9-16)25-23(29)19-15-27(18-12-13-18)26-21(19)17-10-6-3-7-11-17/h2-11,15,18,20H,12-14H2,1H3,(H,25,29). The Balaban J connectivity index is 1.63. The molecule has 158 valence electrons. The van der Waals surface area contributed by atoms with E-state index < -0.39 is 23.7 Å². The number of ketones is 1. The highest BCUT2D eigenvalue weighted by Crippen LogP contribution is 2.36. The number of rotatable bonds is 8. The van der Waals surface area contributed by atoms with Crippen molar-refractivity contribution in [3.8, 4) is 11.3 Å². The molecule has 4 rings (SSSR count). The molecule has 1 aromatic heterocycles. The minimum absolute atomic E-state index is 0.179. The van der Waals surface area contributed by atoms with Gasteiger partial charge in [-0.25, -0.2) is 4.79 Å². The molecule has 1 fully saturated rings. The summed E-state index contributed by atoms with van der Waals surface area (Å²) in [6.07, 6.45) is 3.94. The van der Waals surface area contributed by atoms with E-state index in [9.17, 15) is 14.4 Å². The molecule has 1 atom stereocenters. The zero-order valence-corrected chi connectivity index (χ0v) is 17.2. The molecule has 1 aliphatic rings. The van der Waals surface area contributed by atoms with Gasteiger partial charge >= 0.3 is 5.97 Å². The normalized spacial score (nSPS) is 14.0. The van der Waals surface area contributed by atoms with Crippen LogP contribution < -0.4 is 5.32 Å². The molecule has 1 unspecified atom stereocenters. The van der Waals surface area contributed by atoms with Crippen LogP contribution in [-0.2, 0) is 20.7 Å². The third-order valence-corrected chi connectivity index (χ3v) is 5.24. The number of hydrogen-bond acceptors (Lipinski definition) is 5. The lowest BCUT2D eigenvalue weighted by Gasteiger charge is -2.16. The van der Waals surface area contributed by atoms with Gasteiger partial charge in [-0.3, -0.25) is 14.3 Å². The summed E-state index contributed by atoms with van der Waals surface area (Å²) in [4.78, 5) is 37.8. The number of Topliss-reactive ketones (excluding diaryl/α,β-unsaturated/α-hetero) is 1. The van der Waals surface area contributed by atoms with E-state index in [4.69, 9.17) is 0 Å². The number of methoxy groups -OCH3 is 1. The highest BCUT2D eigenvalue weighted by molar-refractivity contribution is 6.36. The Kier molecular flexibility index (Phi) is 5.93. The molecule has 1 N–H and O–H groups in total. The monoisotopic (exact) mass is 417 g/mol. The zero-order chi connectivity index (χ0) is 21.8. The van der Waals surface area contributed by atoms with Gasteiger partial charge in [-0.1, -0.05) is 60.7 Å². The summed E-state index contributed by atoms with van der Waals surface area (Å²) in [6, 6.07) is 17.9. The van der Waals surface area contributed by atoms with Crippen LogP contribution in [0.15, 0.2) is 66.9 Å². The molecular formula is C24H23N3O4. The lowest BCUT2D eigenvalue weighted by atomic mass is 10.0. The van der Waals surface area contributed by atoms with Gasteiger partial charge in [0.15, 0.2) is 0 Å². The van der Waals surface area contributed by atoms with E-state index in [1.54, 1.807) is 6.20 Å². The van der Waals surface area contributed by atoms with Crippen LogP contribution in [0, 0.1) is 0 Å². The maximum Gasteiger partial charge on any atom is 0.376 e. The fourth-order valence-electron chi connectivity index (χ4n) is 3.43. The average molecular weight is 417 g/mol. The van der Waals surface area contributed by atoms with Crippen molar-refractivity contribution in [2.24, 2.45) is 0 Å². The van der Waals surface area contributed by atoms with Gasteiger partial charge in [0.05, 0.1) is 18.7 Å². The van der Waals surface area contributed by atoms with E-state index in [1.165, 1.54) is 0 Å². The molecule has 0 radical (unpaired) electrons. The Labute approximate surface area is 180 Å². The molecule has 1 heterocycles. The Hall–Kier alpha value is -3.74. The van der Waals surface area contributed by atoms with Crippen molar-refractivity contribution in [1.82, 2.24) is 15.1 Å². The fraction of sp³-hybridized carbons (Fsp3) is 0.250. The van der Waals surface area contributed by atoms with E-state index in [-0.39, 0.29) is 6.42 Å². The highest BCUT2D eigenvalue weighted by Gasteiger charge is 2.31. The number of carbonyl (C=O) groups excluding carboxylic acids is 3. The van der Waals surface area contributed by atoms with E-state index >= 15 is 0 Å². The molecule has 1 saturated carbocycles. The topological polar surface area (TPSA) is 90.3 Å². The van der Waals surface area contributed by atoms with Crippen LogP contribution in [-0.4, -0.2) is 40.6 Å². The number of aromatic nitrogens is 2. The van der Waals surface area contributed by atoms with Gasteiger partial charge in [-0.15, -0.1) is 0 Å². The third kappa shape index (κ3) is 4.71. The summed E-state index contributed by atoms with van der Waals surface area (Å²) >= 11 is 0. The quantitative estimate of drug-likeness (QED) is 0.450. The molecule has 1 amide bonds. The molecule has 0 spiro atoms. The second-order valence-electron chi connectivity index (χ2n) is 7.54. The smallest absolute Gasteiger partial charge is 0.376 e. The molecule has 0 bridgehead atoms. The minimum Gasteiger partial charge on any atom is -0.463 e.